The standard InChI is InChI=1S/C13H16N4/c1-8-4-5-11(6-9(8)2)12-7-10(3)13(15-14)17-16-12/h4-7H,14H2,1-3H3,(H,15,17). The molecule has 0 radical (unpaired) electrons. The minimum atomic E-state index is 0.609. The van der Waals surface area contributed by atoms with Crippen LogP contribution in [-0.2, 0) is 0 Å². The summed E-state index contributed by atoms with van der Waals surface area (Å²) in [6.45, 7) is 6.14. The molecule has 0 unspecified atom stereocenters. The van der Waals surface area contributed by atoms with E-state index in [1.165, 1.54) is 11.1 Å². The van der Waals surface area contributed by atoms with E-state index in [1.54, 1.807) is 0 Å². The molecule has 1 aromatic carbocycles. The van der Waals surface area contributed by atoms with Crippen LogP contribution < -0.4 is 11.3 Å². The number of aromatic nitrogens is 2. The molecule has 0 aliphatic heterocycles. The smallest absolute Gasteiger partial charge is 0.165 e. The van der Waals surface area contributed by atoms with E-state index in [0.717, 1.165) is 16.8 Å². The molecule has 17 heavy (non-hydrogen) atoms. The molecule has 0 aliphatic rings. The second kappa shape index (κ2) is 4.51. The van der Waals surface area contributed by atoms with Crippen LogP contribution in [0.5, 0.6) is 0 Å². The maximum absolute atomic E-state index is 5.33. The van der Waals surface area contributed by atoms with E-state index in [9.17, 15) is 0 Å². The minimum Gasteiger partial charge on any atom is -0.307 e. The Bertz CT molecular complexity index is 549. The lowest BCUT2D eigenvalue weighted by molar-refractivity contribution is 1.01. The zero-order chi connectivity index (χ0) is 12.4. The normalized spacial score (nSPS) is 10.4. The van der Waals surface area contributed by atoms with Gasteiger partial charge in [0.05, 0.1) is 5.69 Å². The van der Waals surface area contributed by atoms with Gasteiger partial charge in [-0.3, -0.25) is 0 Å². The highest BCUT2D eigenvalue weighted by Crippen LogP contribution is 2.22. The highest BCUT2D eigenvalue weighted by molar-refractivity contribution is 5.62. The number of nitrogens with two attached hydrogens (primary N) is 1. The lowest BCUT2D eigenvalue weighted by atomic mass is 10.0. The van der Waals surface area contributed by atoms with E-state index in [2.05, 4.69) is 47.7 Å². The van der Waals surface area contributed by atoms with Crippen LogP contribution in [0.25, 0.3) is 11.3 Å². The van der Waals surface area contributed by atoms with Gasteiger partial charge in [0.15, 0.2) is 5.82 Å². The van der Waals surface area contributed by atoms with E-state index in [0.29, 0.717) is 5.82 Å². The van der Waals surface area contributed by atoms with Crippen molar-refractivity contribution in [3.05, 3.63) is 41.0 Å². The van der Waals surface area contributed by atoms with Gasteiger partial charge in [-0.25, -0.2) is 5.84 Å². The van der Waals surface area contributed by atoms with Crippen molar-refractivity contribution in [2.75, 3.05) is 5.43 Å². The molecule has 88 valence electrons. The van der Waals surface area contributed by atoms with Gasteiger partial charge < -0.3 is 5.43 Å². The van der Waals surface area contributed by atoms with Crippen LogP contribution >= 0.6 is 0 Å². The largest absolute Gasteiger partial charge is 0.307 e. The lowest BCUT2D eigenvalue weighted by Crippen LogP contribution is -2.11. The molecule has 0 saturated heterocycles. The molecule has 2 rings (SSSR count). The number of hydrogen-bond acceptors (Lipinski definition) is 4. The van der Waals surface area contributed by atoms with E-state index in [1.807, 2.05) is 13.0 Å². The fourth-order valence-corrected chi connectivity index (χ4v) is 1.67. The van der Waals surface area contributed by atoms with Crippen LogP contribution in [-0.4, -0.2) is 10.2 Å². The summed E-state index contributed by atoms with van der Waals surface area (Å²) >= 11 is 0. The van der Waals surface area contributed by atoms with Crippen LogP contribution in [0.15, 0.2) is 24.3 Å². The van der Waals surface area contributed by atoms with Gasteiger partial charge in [-0.2, -0.15) is 0 Å². The summed E-state index contributed by atoms with van der Waals surface area (Å²) in [7, 11) is 0. The first-order chi connectivity index (χ1) is 8.11. The molecule has 0 fully saturated rings. The van der Waals surface area contributed by atoms with Crippen molar-refractivity contribution in [2.24, 2.45) is 5.84 Å². The number of aryl methyl sites for hydroxylation is 3. The zero-order valence-corrected chi connectivity index (χ0v) is 10.3. The number of nitrogen functional groups attached to an aromatic ring is 1. The summed E-state index contributed by atoms with van der Waals surface area (Å²) in [4.78, 5) is 0. The minimum absolute atomic E-state index is 0.609. The SMILES string of the molecule is Cc1ccc(-c2cc(C)c(NN)nn2)cc1C. The Labute approximate surface area is 101 Å². The summed E-state index contributed by atoms with van der Waals surface area (Å²) in [5.41, 5.74) is 7.97. The molecule has 0 amide bonds. The summed E-state index contributed by atoms with van der Waals surface area (Å²) in [6.07, 6.45) is 0. The number of rotatable bonds is 2. The number of nitrogens with zero attached hydrogens (tertiary/aromatic N) is 2. The average Bonchev–Trinajstić information content (AvgIpc) is 2.32. The van der Waals surface area contributed by atoms with Crippen molar-refractivity contribution < 1.29 is 0 Å². The number of hydrazine groups is 1. The van der Waals surface area contributed by atoms with Gasteiger partial charge in [-0.1, -0.05) is 12.1 Å². The number of anilines is 1. The Morgan fingerprint density at radius 2 is 1.71 bits per heavy atom. The molecule has 0 spiro atoms. The van der Waals surface area contributed by atoms with Crippen LogP contribution in [0.4, 0.5) is 5.82 Å². The van der Waals surface area contributed by atoms with Crippen molar-refractivity contribution in [3.63, 3.8) is 0 Å². The van der Waals surface area contributed by atoms with Gasteiger partial charge in [0.25, 0.3) is 0 Å². The molecule has 0 atom stereocenters. The zero-order valence-electron chi connectivity index (χ0n) is 10.3. The van der Waals surface area contributed by atoms with Crippen molar-refractivity contribution in [3.8, 4) is 11.3 Å². The summed E-state index contributed by atoms with van der Waals surface area (Å²) in [5.74, 6) is 5.94. The third-order valence-corrected chi connectivity index (χ3v) is 2.92. The maximum Gasteiger partial charge on any atom is 0.165 e. The predicted octanol–water partition coefficient (Wildman–Crippen LogP) is 2.35. The quantitative estimate of drug-likeness (QED) is 0.611. The van der Waals surface area contributed by atoms with Gasteiger partial charge in [0.2, 0.25) is 0 Å². The Morgan fingerprint density at radius 3 is 2.29 bits per heavy atom. The molecule has 4 nitrogen and oxygen atoms in total. The highest BCUT2D eigenvalue weighted by atomic mass is 15.3. The number of nitrogens with one attached hydrogen (secondary N) is 1. The third-order valence-electron chi connectivity index (χ3n) is 2.92. The topological polar surface area (TPSA) is 63.8 Å². The summed E-state index contributed by atoms with van der Waals surface area (Å²) in [5, 5.41) is 8.20. The average molecular weight is 228 g/mol. The second-order valence-corrected chi connectivity index (χ2v) is 4.20. The first-order valence-corrected chi connectivity index (χ1v) is 5.50. The molecular formula is C13H16N4. The maximum atomic E-state index is 5.33. The summed E-state index contributed by atoms with van der Waals surface area (Å²) < 4.78 is 0. The van der Waals surface area contributed by atoms with Gasteiger partial charge in [-0.15, -0.1) is 10.2 Å². The van der Waals surface area contributed by atoms with Crippen molar-refractivity contribution in [1.82, 2.24) is 10.2 Å². The van der Waals surface area contributed by atoms with Gasteiger partial charge in [-0.05, 0) is 49.6 Å². The first-order valence-electron chi connectivity index (χ1n) is 5.50. The monoisotopic (exact) mass is 228 g/mol. The van der Waals surface area contributed by atoms with E-state index in [4.69, 9.17) is 5.84 Å². The molecule has 3 N–H and O–H groups in total. The van der Waals surface area contributed by atoms with Gasteiger partial charge >= 0.3 is 0 Å². The molecular weight excluding hydrogens is 212 g/mol. The van der Waals surface area contributed by atoms with Gasteiger partial charge in [0, 0.05) is 5.56 Å². The van der Waals surface area contributed by atoms with Crippen LogP contribution in [0.3, 0.4) is 0 Å². The number of hydrogen-bond donors (Lipinski definition) is 2. The molecule has 0 bridgehead atoms. The van der Waals surface area contributed by atoms with E-state index < -0.39 is 0 Å². The second-order valence-electron chi connectivity index (χ2n) is 4.20. The first kappa shape index (κ1) is 11.5. The van der Waals surface area contributed by atoms with E-state index in [-0.39, 0.29) is 0 Å². The molecule has 0 aliphatic carbocycles. The Morgan fingerprint density at radius 1 is 0.941 bits per heavy atom. The molecule has 1 heterocycles. The number of benzene rings is 1. The molecule has 4 heteroatoms. The molecule has 0 saturated carbocycles. The molecule has 1 aromatic heterocycles. The summed E-state index contributed by atoms with van der Waals surface area (Å²) in [6, 6.07) is 8.25. The predicted molar refractivity (Wildman–Crippen MR) is 69.5 cm³/mol. The van der Waals surface area contributed by atoms with Crippen molar-refractivity contribution in [1.29, 1.82) is 0 Å². The van der Waals surface area contributed by atoms with Crippen LogP contribution in [0.1, 0.15) is 16.7 Å². The van der Waals surface area contributed by atoms with E-state index >= 15 is 0 Å². The fraction of sp³-hybridized carbons (Fsp3) is 0.231. The van der Waals surface area contributed by atoms with Gasteiger partial charge in [0.1, 0.15) is 0 Å². The highest BCUT2D eigenvalue weighted by Gasteiger charge is 2.05. The van der Waals surface area contributed by atoms with Crippen LogP contribution in [0.2, 0.25) is 0 Å². The van der Waals surface area contributed by atoms with Crippen LogP contribution in [0, 0.1) is 20.8 Å². The van der Waals surface area contributed by atoms with Crippen molar-refractivity contribution >= 4 is 5.82 Å². The van der Waals surface area contributed by atoms with Crippen molar-refractivity contribution in [2.45, 2.75) is 20.8 Å². The molecule has 2 aromatic rings. The Hall–Kier alpha value is -1.94. The lowest BCUT2D eigenvalue weighted by Gasteiger charge is -2.07. The third kappa shape index (κ3) is 2.26. The Kier molecular flexibility index (Phi) is 3.06. The fourth-order valence-electron chi connectivity index (χ4n) is 1.67. The Balaban J connectivity index is 2.46.